The van der Waals surface area contributed by atoms with E-state index in [0.717, 1.165) is 29.0 Å². The fourth-order valence-corrected chi connectivity index (χ4v) is 4.49. The van der Waals surface area contributed by atoms with Gasteiger partial charge in [0, 0.05) is 18.2 Å². The molecule has 8 heteroatoms. The lowest BCUT2D eigenvalue weighted by molar-refractivity contribution is 0.397. The number of nitrogens with zero attached hydrogens (tertiary/aromatic N) is 5. The highest BCUT2D eigenvalue weighted by atomic mass is 32.2. The Morgan fingerprint density at radius 1 is 1.03 bits per heavy atom. The Balaban J connectivity index is 1.50. The quantitative estimate of drug-likeness (QED) is 0.327. The second kappa shape index (κ2) is 8.63. The predicted octanol–water partition coefficient (Wildman–Crippen LogP) is 5.04. The van der Waals surface area contributed by atoms with Gasteiger partial charge >= 0.3 is 0 Å². The number of fused-ring (bicyclic) bond motifs is 3. The van der Waals surface area contributed by atoms with E-state index in [1.807, 2.05) is 65.1 Å². The molecule has 5 rings (SSSR count). The van der Waals surface area contributed by atoms with E-state index in [1.54, 1.807) is 4.57 Å². The minimum Gasteiger partial charge on any atom is -0.360 e. The van der Waals surface area contributed by atoms with Crippen molar-refractivity contribution in [3.63, 3.8) is 0 Å². The van der Waals surface area contributed by atoms with E-state index in [-0.39, 0.29) is 5.56 Å². The molecule has 0 unspecified atom stereocenters. The van der Waals surface area contributed by atoms with Crippen molar-refractivity contribution in [3.05, 3.63) is 76.8 Å². The van der Waals surface area contributed by atoms with Gasteiger partial charge in [0.25, 0.3) is 5.56 Å². The molecule has 0 spiro atoms. The Kier molecular flexibility index (Phi) is 5.53. The Bertz CT molecular complexity index is 1440. The first-order valence-electron chi connectivity index (χ1n) is 10.6. The molecular weight excluding hydrogens is 422 g/mol. The largest absolute Gasteiger partial charge is 0.360 e. The summed E-state index contributed by atoms with van der Waals surface area (Å²) < 4.78 is 9.25. The second-order valence-electron chi connectivity index (χ2n) is 8.11. The lowest BCUT2D eigenvalue weighted by Gasteiger charge is -2.12. The van der Waals surface area contributed by atoms with Crippen LogP contribution in [0.4, 0.5) is 0 Å². The van der Waals surface area contributed by atoms with Crippen LogP contribution < -0.4 is 5.56 Å². The second-order valence-corrected chi connectivity index (χ2v) is 9.05. The highest BCUT2D eigenvalue weighted by Crippen LogP contribution is 2.27. The van der Waals surface area contributed by atoms with Crippen molar-refractivity contribution in [1.29, 1.82) is 0 Å². The first-order valence-corrected chi connectivity index (χ1v) is 11.6. The number of benzene rings is 2. The molecule has 5 aromatic rings. The SMILES string of the molecule is CC(C)CCn1c(=O)c2ccccc2n2c(SCc3cc(-c4ccccc4)no3)nnc12. The molecule has 0 aliphatic carbocycles. The summed E-state index contributed by atoms with van der Waals surface area (Å²) in [5, 5.41) is 14.4. The molecule has 3 aromatic heterocycles. The van der Waals surface area contributed by atoms with Crippen molar-refractivity contribution in [1.82, 2.24) is 24.3 Å². The summed E-state index contributed by atoms with van der Waals surface area (Å²) in [4.78, 5) is 13.1. The third kappa shape index (κ3) is 3.82. The van der Waals surface area contributed by atoms with Gasteiger partial charge in [-0.25, -0.2) is 0 Å². The van der Waals surface area contributed by atoms with Crippen LogP contribution in [0.3, 0.4) is 0 Å². The van der Waals surface area contributed by atoms with Gasteiger partial charge in [0.2, 0.25) is 5.78 Å². The van der Waals surface area contributed by atoms with Crippen LogP contribution in [0.5, 0.6) is 0 Å². The Morgan fingerprint density at radius 3 is 2.62 bits per heavy atom. The average molecular weight is 446 g/mol. The van der Waals surface area contributed by atoms with Crippen LogP contribution in [0.25, 0.3) is 27.9 Å². The fourth-order valence-electron chi connectivity index (χ4n) is 3.68. The van der Waals surface area contributed by atoms with E-state index in [2.05, 4.69) is 29.2 Å². The van der Waals surface area contributed by atoms with Crippen LogP contribution in [0.1, 0.15) is 26.0 Å². The molecule has 0 radical (unpaired) electrons. The molecule has 0 saturated carbocycles. The maximum atomic E-state index is 13.1. The van der Waals surface area contributed by atoms with Crippen molar-refractivity contribution >= 4 is 28.4 Å². The first kappa shape index (κ1) is 20.5. The molecule has 32 heavy (non-hydrogen) atoms. The number of aryl methyl sites for hydroxylation is 1. The molecule has 0 atom stereocenters. The van der Waals surface area contributed by atoms with Crippen molar-refractivity contribution in [2.24, 2.45) is 5.92 Å². The van der Waals surface area contributed by atoms with Crippen LogP contribution in [-0.4, -0.2) is 24.3 Å². The van der Waals surface area contributed by atoms with E-state index >= 15 is 0 Å². The van der Waals surface area contributed by atoms with Gasteiger partial charge in [-0.3, -0.25) is 13.8 Å². The number of hydrogen-bond acceptors (Lipinski definition) is 6. The summed E-state index contributed by atoms with van der Waals surface area (Å²) in [6.45, 7) is 4.90. The molecule has 7 nitrogen and oxygen atoms in total. The summed E-state index contributed by atoms with van der Waals surface area (Å²) in [7, 11) is 0. The van der Waals surface area contributed by atoms with Gasteiger partial charge in [0.1, 0.15) is 11.5 Å². The molecule has 0 N–H and O–H groups in total. The Morgan fingerprint density at radius 2 is 1.81 bits per heavy atom. The molecular formula is C24H23N5O2S. The third-order valence-electron chi connectivity index (χ3n) is 5.38. The Hall–Kier alpha value is -3.39. The van der Waals surface area contributed by atoms with E-state index in [1.165, 1.54) is 11.8 Å². The molecule has 0 fully saturated rings. The lowest BCUT2D eigenvalue weighted by atomic mass is 10.1. The van der Waals surface area contributed by atoms with Gasteiger partial charge in [-0.1, -0.05) is 73.2 Å². The van der Waals surface area contributed by atoms with Crippen LogP contribution in [-0.2, 0) is 12.3 Å². The molecule has 3 heterocycles. The fraction of sp³-hybridized carbons (Fsp3) is 0.250. The van der Waals surface area contributed by atoms with E-state index < -0.39 is 0 Å². The van der Waals surface area contributed by atoms with Crippen LogP contribution in [0.2, 0.25) is 0 Å². The number of hydrogen-bond donors (Lipinski definition) is 0. The normalized spacial score (nSPS) is 11.7. The highest BCUT2D eigenvalue weighted by Gasteiger charge is 2.17. The molecule has 162 valence electrons. The third-order valence-corrected chi connectivity index (χ3v) is 6.33. The van der Waals surface area contributed by atoms with Crippen molar-refractivity contribution in [2.45, 2.75) is 37.7 Å². The van der Waals surface area contributed by atoms with E-state index in [9.17, 15) is 4.79 Å². The minimum absolute atomic E-state index is 0.0274. The van der Waals surface area contributed by atoms with E-state index in [0.29, 0.717) is 34.5 Å². The summed E-state index contributed by atoms with van der Waals surface area (Å²) in [6.07, 6.45) is 0.892. The van der Waals surface area contributed by atoms with Crippen molar-refractivity contribution in [3.8, 4) is 11.3 Å². The van der Waals surface area contributed by atoms with Gasteiger partial charge in [-0.2, -0.15) is 0 Å². The molecule has 0 aliphatic rings. The lowest BCUT2D eigenvalue weighted by Crippen LogP contribution is -2.24. The van der Waals surface area contributed by atoms with Gasteiger partial charge < -0.3 is 4.52 Å². The zero-order valence-electron chi connectivity index (χ0n) is 17.9. The smallest absolute Gasteiger partial charge is 0.262 e. The standard InChI is InChI=1S/C24H23N5O2S/c1-16(2)12-13-28-22(30)19-10-6-7-11-21(19)29-23(28)25-26-24(29)32-15-18-14-20(27-31-18)17-8-4-3-5-9-17/h3-11,14,16H,12-13,15H2,1-2H3. The van der Waals surface area contributed by atoms with Gasteiger partial charge in [0.05, 0.1) is 16.7 Å². The van der Waals surface area contributed by atoms with Gasteiger partial charge in [0.15, 0.2) is 5.16 Å². The average Bonchev–Trinajstić information content (AvgIpc) is 3.45. The molecule has 0 aliphatic heterocycles. The minimum atomic E-state index is -0.0274. The molecule has 0 bridgehead atoms. The zero-order valence-corrected chi connectivity index (χ0v) is 18.7. The zero-order chi connectivity index (χ0) is 22.1. The van der Waals surface area contributed by atoms with Crippen LogP contribution in [0, 0.1) is 5.92 Å². The number of rotatable bonds is 7. The highest BCUT2D eigenvalue weighted by molar-refractivity contribution is 7.98. The maximum Gasteiger partial charge on any atom is 0.262 e. The Labute approximate surface area is 189 Å². The van der Waals surface area contributed by atoms with E-state index in [4.69, 9.17) is 4.52 Å². The summed E-state index contributed by atoms with van der Waals surface area (Å²) >= 11 is 1.51. The summed E-state index contributed by atoms with van der Waals surface area (Å²) in [6, 6.07) is 19.5. The molecule has 2 aromatic carbocycles. The molecule has 0 saturated heterocycles. The van der Waals surface area contributed by atoms with Crippen LogP contribution in [0.15, 0.2) is 75.1 Å². The van der Waals surface area contributed by atoms with Gasteiger partial charge in [-0.05, 0) is 24.5 Å². The number of para-hydroxylation sites is 1. The topological polar surface area (TPSA) is 78.2 Å². The maximum absolute atomic E-state index is 13.1. The van der Waals surface area contributed by atoms with Gasteiger partial charge in [-0.15, -0.1) is 10.2 Å². The molecule has 0 amide bonds. The van der Waals surface area contributed by atoms with Crippen molar-refractivity contribution < 1.29 is 4.52 Å². The number of thioether (sulfide) groups is 1. The summed E-state index contributed by atoms with van der Waals surface area (Å²) in [5.74, 6) is 2.36. The first-order chi connectivity index (χ1) is 15.6. The number of aromatic nitrogens is 5. The summed E-state index contributed by atoms with van der Waals surface area (Å²) in [5.41, 5.74) is 2.60. The predicted molar refractivity (Wildman–Crippen MR) is 126 cm³/mol. The van der Waals surface area contributed by atoms with Crippen molar-refractivity contribution in [2.75, 3.05) is 0 Å². The monoisotopic (exact) mass is 445 g/mol. The van der Waals surface area contributed by atoms with Crippen LogP contribution >= 0.6 is 11.8 Å².